The molecule has 1 aromatic rings. The molecule has 0 aliphatic heterocycles. The van der Waals surface area contributed by atoms with Crippen molar-refractivity contribution >= 4 is 11.6 Å². The number of halogens is 1. The summed E-state index contributed by atoms with van der Waals surface area (Å²) in [7, 11) is 0. The van der Waals surface area contributed by atoms with Crippen molar-refractivity contribution in [2.24, 2.45) is 5.92 Å². The molecule has 3 unspecified atom stereocenters. The van der Waals surface area contributed by atoms with Crippen LogP contribution in [0.25, 0.3) is 0 Å². The normalized spacial score (nSPS) is 24.5. The maximum absolute atomic E-state index is 5.95. The Morgan fingerprint density at radius 2 is 1.90 bits per heavy atom. The molecule has 3 atom stereocenters. The molecule has 118 valence electrons. The van der Waals surface area contributed by atoms with Crippen LogP contribution in [0.3, 0.4) is 0 Å². The Bertz CT molecular complexity index is 401. The van der Waals surface area contributed by atoms with Crippen LogP contribution in [0.1, 0.15) is 64.4 Å². The standard InChI is InChI=1S/C19H30ClN/c1-3-5-16-6-4-7-19(13-10-16)21-15(2)14-17-8-11-18(20)12-9-17/h8-9,11-12,15-16,19,21H,3-7,10,13-14H2,1-2H3. The van der Waals surface area contributed by atoms with Crippen LogP contribution in [0.5, 0.6) is 0 Å². The Morgan fingerprint density at radius 3 is 2.62 bits per heavy atom. The number of nitrogens with one attached hydrogen (secondary N) is 1. The smallest absolute Gasteiger partial charge is 0.0406 e. The maximum atomic E-state index is 5.95. The molecule has 0 aromatic heterocycles. The molecule has 1 fully saturated rings. The number of hydrogen-bond donors (Lipinski definition) is 1. The van der Waals surface area contributed by atoms with Gasteiger partial charge in [0.15, 0.2) is 0 Å². The highest BCUT2D eigenvalue weighted by Gasteiger charge is 2.19. The summed E-state index contributed by atoms with van der Waals surface area (Å²) in [4.78, 5) is 0. The van der Waals surface area contributed by atoms with Crippen molar-refractivity contribution in [1.82, 2.24) is 5.32 Å². The fourth-order valence-corrected chi connectivity index (χ4v) is 3.80. The second-order valence-electron chi connectivity index (χ2n) is 6.76. The fourth-order valence-electron chi connectivity index (χ4n) is 3.68. The summed E-state index contributed by atoms with van der Waals surface area (Å²) < 4.78 is 0. The third kappa shape index (κ3) is 6.00. The molecule has 0 spiro atoms. The summed E-state index contributed by atoms with van der Waals surface area (Å²) in [6.07, 6.45) is 10.8. The van der Waals surface area contributed by atoms with Gasteiger partial charge in [-0.1, -0.05) is 56.3 Å². The minimum absolute atomic E-state index is 0.541. The van der Waals surface area contributed by atoms with Crippen LogP contribution in [0.4, 0.5) is 0 Å². The zero-order chi connectivity index (χ0) is 15.1. The molecule has 21 heavy (non-hydrogen) atoms. The van der Waals surface area contributed by atoms with Crippen LogP contribution >= 0.6 is 11.6 Å². The van der Waals surface area contributed by atoms with E-state index in [0.29, 0.717) is 12.1 Å². The molecule has 0 saturated heterocycles. The average Bonchev–Trinajstić information content (AvgIpc) is 2.67. The number of rotatable bonds is 6. The summed E-state index contributed by atoms with van der Waals surface area (Å²) in [6, 6.07) is 9.53. The topological polar surface area (TPSA) is 12.0 Å². The lowest BCUT2D eigenvalue weighted by Crippen LogP contribution is -2.37. The molecular weight excluding hydrogens is 278 g/mol. The van der Waals surface area contributed by atoms with Crippen LogP contribution in [0, 0.1) is 5.92 Å². The lowest BCUT2D eigenvalue weighted by Gasteiger charge is -2.22. The fraction of sp³-hybridized carbons (Fsp3) is 0.684. The SMILES string of the molecule is CCCC1CCCC(NC(C)Cc2ccc(Cl)cc2)CC1. The van der Waals surface area contributed by atoms with E-state index in [1.54, 1.807) is 0 Å². The summed E-state index contributed by atoms with van der Waals surface area (Å²) in [5, 5.41) is 4.68. The van der Waals surface area contributed by atoms with Crippen LogP contribution in [-0.2, 0) is 6.42 Å². The Balaban J connectivity index is 1.76. The van der Waals surface area contributed by atoms with Gasteiger partial charge < -0.3 is 5.32 Å². The third-order valence-corrected chi connectivity index (χ3v) is 5.01. The van der Waals surface area contributed by atoms with Gasteiger partial charge in [-0.25, -0.2) is 0 Å². The van der Waals surface area contributed by atoms with Gasteiger partial charge in [0.25, 0.3) is 0 Å². The van der Waals surface area contributed by atoms with Crippen LogP contribution in [0.15, 0.2) is 24.3 Å². The van der Waals surface area contributed by atoms with E-state index in [2.05, 4.69) is 31.3 Å². The van der Waals surface area contributed by atoms with E-state index in [4.69, 9.17) is 11.6 Å². The van der Waals surface area contributed by atoms with E-state index in [0.717, 1.165) is 17.4 Å². The van der Waals surface area contributed by atoms with E-state index < -0.39 is 0 Å². The van der Waals surface area contributed by atoms with Crippen LogP contribution < -0.4 is 5.32 Å². The lowest BCUT2D eigenvalue weighted by molar-refractivity contribution is 0.388. The van der Waals surface area contributed by atoms with Crippen LogP contribution in [-0.4, -0.2) is 12.1 Å². The van der Waals surface area contributed by atoms with Gasteiger partial charge in [0.2, 0.25) is 0 Å². The largest absolute Gasteiger partial charge is 0.311 e. The molecule has 0 heterocycles. The van der Waals surface area contributed by atoms with Crippen LogP contribution in [0.2, 0.25) is 5.02 Å². The van der Waals surface area contributed by atoms with Crippen molar-refractivity contribution in [3.05, 3.63) is 34.9 Å². The van der Waals surface area contributed by atoms with Crippen molar-refractivity contribution in [2.75, 3.05) is 0 Å². The van der Waals surface area contributed by atoms with Crippen molar-refractivity contribution in [1.29, 1.82) is 0 Å². The van der Waals surface area contributed by atoms with Crippen molar-refractivity contribution < 1.29 is 0 Å². The molecule has 1 aromatic carbocycles. The highest BCUT2D eigenvalue weighted by molar-refractivity contribution is 6.30. The second kappa shape index (κ2) is 8.80. The molecule has 0 bridgehead atoms. The van der Waals surface area contributed by atoms with Crippen molar-refractivity contribution in [3.8, 4) is 0 Å². The second-order valence-corrected chi connectivity index (χ2v) is 7.19. The first-order chi connectivity index (χ1) is 10.2. The Morgan fingerprint density at radius 1 is 1.14 bits per heavy atom. The number of benzene rings is 1. The predicted molar refractivity (Wildman–Crippen MR) is 93.0 cm³/mol. The zero-order valence-electron chi connectivity index (χ0n) is 13.6. The maximum Gasteiger partial charge on any atom is 0.0406 e. The summed E-state index contributed by atoms with van der Waals surface area (Å²) in [5.41, 5.74) is 1.37. The lowest BCUT2D eigenvalue weighted by atomic mass is 9.95. The number of hydrogen-bond acceptors (Lipinski definition) is 1. The monoisotopic (exact) mass is 307 g/mol. The average molecular weight is 308 g/mol. The van der Waals surface area contributed by atoms with E-state index in [1.807, 2.05) is 12.1 Å². The molecule has 1 aliphatic rings. The molecule has 2 heteroatoms. The summed E-state index contributed by atoms with van der Waals surface area (Å²) in [5.74, 6) is 0.980. The minimum atomic E-state index is 0.541. The Hall–Kier alpha value is -0.530. The summed E-state index contributed by atoms with van der Waals surface area (Å²) in [6.45, 7) is 4.62. The van der Waals surface area contributed by atoms with Gasteiger partial charge in [-0.05, 0) is 56.2 Å². The molecule has 1 N–H and O–H groups in total. The molecule has 1 nitrogen and oxygen atoms in total. The quantitative estimate of drug-likeness (QED) is 0.674. The molecular formula is C19H30ClN. The third-order valence-electron chi connectivity index (χ3n) is 4.76. The van der Waals surface area contributed by atoms with Gasteiger partial charge in [-0.3, -0.25) is 0 Å². The first-order valence-corrected chi connectivity index (χ1v) is 9.05. The molecule has 0 amide bonds. The van der Waals surface area contributed by atoms with Gasteiger partial charge >= 0.3 is 0 Å². The Labute approximate surface area is 135 Å². The zero-order valence-corrected chi connectivity index (χ0v) is 14.3. The van der Waals surface area contributed by atoms with Gasteiger partial charge in [-0.2, -0.15) is 0 Å². The van der Waals surface area contributed by atoms with E-state index in [1.165, 1.54) is 50.5 Å². The summed E-state index contributed by atoms with van der Waals surface area (Å²) >= 11 is 5.95. The van der Waals surface area contributed by atoms with E-state index in [-0.39, 0.29) is 0 Å². The Kier molecular flexibility index (Phi) is 7.06. The van der Waals surface area contributed by atoms with E-state index in [9.17, 15) is 0 Å². The molecule has 0 radical (unpaired) electrons. The van der Waals surface area contributed by atoms with Crippen molar-refractivity contribution in [2.45, 2.75) is 77.3 Å². The highest BCUT2D eigenvalue weighted by Crippen LogP contribution is 2.27. The van der Waals surface area contributed by atoms with E-state index >= 15 is 0 Å². The van der Waals surface area contributed by atoms with Gasteiger partial charge in [0.1, 0.15) is 0 Å². The van der Waals surface area contributed by atoms with Gasteiger partial charge in [-0.15, -0.1) is 0 Å². The highest BCUT2D eigenvalue weighted by atomic mass is 35.5. The minimum Gasteiger partial charge on any atom is -0.311 e. The van der Waals surface area contributed by atoms with Crippen molar-refractivity contribution in [3.63, 3.8) is 0 Å². The first-order valence-electron chi connectivity index (χ1n) is 8.68. The molecule has 1 saturated carbocycles. The molecule has 1 aliphatic carbocycles. The molecule has 2 rings (SSSR count). The van der Waals surface area contributed by atoms with Gasteiger partial charge in [0.05, 0.1) is 0 Å². The first kappa shape index (κ1) is 16.8. The van der Waals surface area contributed by atoms with Gasteiger partial charge in [0, 0.05) is 17.1 Å². The predicted octanol–water partition coefficient (Wildman–Crippen LogP) is 5.61.